The highest BCUT2D eigenvalue weighted by Gasteiger charge is 1.97. The summed E-state index contributed by atoms with van der Waals surface area (Å²) in [5.74, 6) is -0.721. The summed E-state index contributed by atoms with van der Waals surface area (Å²) in [7, 11) is 0. The van der Waals surface area contributed by atoms with Crippen LogP contribution in [0, 0.1) is 6.42 Å². The summed E-state index contributed by atoms with van der Waals surface area (Å²) < 4.78 is 0. The Balaban J connectivity index is 2.17. The normalized spacial score (nSPS) is 9.85. The minimum absolute atomic E-state index is 0.253. The van der Waals surface area contributed by atoms with Gasteiger partial charge in [0.05, 0.1) is 0 Å². The highest BCUT2D eigenvalue weighted by molar-refractivity contribution is 5.66. The Morgan fingerprint density at radius 2 is 2.00 bits per heavy atom. The van der Waals surface area contributed by atoms with Gasteiger partial charge in [0.1, 0.15) is 0 Å². The van der Waals surface area contributed by atoms with Crippen molar-refractivity contribution in [2.45, 2.75) is 19.3 Å². The van der Waals surface area contributed by atoms with Crippen molar-refractivity contribution < 1.29 is 9.90 Å². The Hall–Kier alpha value is -1.31. The molecule has 1 aromatic carbocycles. The fourth-order valence-corrected chi connectivity index (χ4v) is 1.11. The van der Waals surface area contributed by atoms with E-state index in [0.29, 0.717) is 6.42 Å². The maximum atomic E-state index is 10.2. The number of rotatable bonds is 5. The lowest BCUT2D eigenvalue weighted by molar-refractivity contribution is -0.137. The van der Waals surface area contributed by atoms with Gasteiger partial charge in [-0.2, -0.15) is 0 Å². The van der Waals surface area contributed by atoms with Gasteiger partial charge in [-0.05, 0) is 24.8 Å². The third kappa shape index (κ3) is 4.31. The summed E-state index contributed by atoms with van der Waals surface area (Å²) in [4.78, 5) is 10.2. The minimum Gasteiger partial charge on any atom is -0.481 e. The maximum absolute atomic E-state index is 10.2. The van der Waals surface area contributed by atoms with Gasteiger partial charge in [-0.15, -0.1) is 0 Å². The molecule has 0 aromatic heterocycles. The maximum Gasteiger partial charge on any atom is 0.303 e. The topological polar surface area (TPSA) is 37.3 Å². The number of benzene rings is 1. The van der Waals surface area contributed by atoms with Gasteiger partial charge in [0.15, 0.2) is 0 Å². The van der Waals surface area contributed by atoms with Crippen LogP contribution in [0.3, 0.4) is 0 Å². The van der Waals surface area contributed by atoms with Crippen LogP contribution in [0.5, 0.6) is 0 Å². The average Bonchev–Trinajstić information content (AvgIpc) is 2.14. The summed E-state index contributed by atoms with van der Waals surface area (Å²) in [6, 6.07) is 9.95. The van der Waals surface area contributed by atoms with Crippen LogP contribution in [0.2, 0.25) is 0 Å². The molecule has 1 N–H and O–H groups in total. The lowest BCUT2D eigenvalue weighted by atomic mass is 10.1. The fourth-order valence-electron chi connectivity index (χ4n) is 1.11. The first-order valence-electron chi connectivity index (χ1n) is 4.39. The van der Waals surface area contributed by atoms with E-state index in [1.165, 1.54) is 0 Å². The summed E-state index contributed by atoms with van der Waals surface area (Å²) in [6.07, 6.45) is 3.85. The first-order valence-corrected chi connectivity index (χ1v) is 4.39. The molecule has 0 aliphatic rings. The van der Waals surface area contributed by atoms with Gasteiger partial charge in [-0.3, -0.25) is 4.79 Å². The van der Waals surface area contributed by atoms with Gasteiger partial charge in [0.2, 0.25) is 0 Å². The van der Waals surface area contributed by atoms with Gasteiger partial charge < -0.3 is 5.11 Å². The van der Waals surface area contributed by atoms with E-state index in [2.05, 4.69) is 6.42 Å². The van der Waals surface area contributed by atoms with Gasteiger partial charge in [-0.1, -0.05) is 30.3 Å². The molecule has 1 aromatic rings. The Kier molecular flexibility index (Phi) is 4.03. The Morgan fingerprint density at radius 3 is 2.62 bits per heavy atom. The first kappa shape index (κ1) is 9.78. The fraction of sp³-hybridized carbons (Fsp3) is 0.273. The number of carboxylic acids is 1. The van der Waals surface area contributed by atoms with Gasteiger partial charge in [-0.25, -0.2) is 0 Å². The SMILES string of the molecule is O=C(O)CCC[CH]c1ccccc1. The molecule has 0 amide bonds. The molecule has 0 bridgehead atoms. The van der Waals surface area contributed by atoms with Gasteiger partial charge in [0, 0.05) is 6.42 Å². The van der Waals surface area contributed by atoms with Crippen molar-refractivity contribution in [2.24, 2.45) is 0 Å². The molecule has 2 heteroatoms. The van der Waals surface area contributed by atoms with Crippen molar-refractivity contribution in [3.8, 4) is 0 Å². The number of hydrogen-bond donors (Lipinski definition) is 1. The zero-order valence-electron chi connectivity index (χ0n) is 7.44. The lowest BCUT2D eigenvalue weighted by Gasteiger charge is -1.98. The van der Waals surface area contributed by atoms with Crippen molar-refractivity contribution in [1.29, 1.82) is 0 Å². The average molecular weight is 177 g/mol. The van der Waals surface area contributed by atoms with Crippen molar-refractivity contribution in [3.05, 3.63) is 42.3 Å². The van der Waals surface area contributed by atoms with E-state index in [9.17, 15) is 4.79 Å². The van der Waals surface area contributed by atoms with Crippen molar-refractivity contribution in [2.75, 3.05) is 0 Å². The molecule has 0 fully saturated rings. The van der Waals surface area contributed by atoms with Crippen LogP contribution < -0.4 is 0 Å². The van der Waals surface area contributed by atoms with Crippen LogP contribution in [0.4, 0.5) is 0 Å². The number of unbranched alkanes of at least 4 members (excludes halogenated alkanes) is 1. The Bertz CT molecular complexity index is 254. The zero-order chi connectivity index (χ0) is 9.52. The van der Waals surface area contributed by atoms with Crippen LogP contribution in [0.25, 0.3) is 0 Å². The highest BCUT2D eigenvalue weighted by atomic mass is 16.4. The van der Waals surface area contributed by atoms with Crippen LogP contribution >= 0.6 is 0 Å². The highest BCUT2D eigenvalue weighted by Crippen LogP contribution is 2.07. The smallest absolute Gasteiger partial charge is 0.303 e. The summed E-state index contributed by atoms with van der Waals surface area (Å²) in [5.41, 5.74) is 1.16. The van der Waals surface area contributed by atoms with E-state index in [-0.39, 0.29) is 6.42 Å². The van der Waals surface area contributed by atoms with E-state index in [0.717, 1.165) is 12.0 Å². The Labute approximate surface area is 78.2 Å². The van der Waals surface area contributed by atoms with Crippen LogP contribution in [0.1, 0.15) is 24.8 Å². The van der Waals surface area contributed by atoms with Gasteiger partial charge in [0.25, 0.3) is 0 Å². The largest absolute Gasteiger partial charge is 0.481 e. The molecule has 0 spiro atoms. The molecule has 0 heterocycles. The molecule has 0 saturated carbocycles. The second-order valence-electron chi connectivity index (χ2n) is 2.90. The second kappa shape index (κ2) is 5.36. The van der Waals surface area contributed by atoms with Crippen molar-refractivity contribution in [1.82, 2.24) is 0 Å². The van der Waals surface area contributed by atoms with Crippen LogP contribution in [0.15, 0.2) is 30.3 Å². The number of aliphatic carboxylic acids is 1. The number of carboxylic acid groups (broad SMARTS) is 1. The second-order valence-corrected chi connectivity index (χ2v) is 2.90. The van der Waals surface area contributed by atoms with E-state index < -0.39 is 5.97 Å². The molecule has 1 radical (unpaired) electrons. The number of carbonyl (C=O) groups is 1. The van der Waals surface area contributed by atoms with E-state index in [1.807, 2.05) is 30.3 Å². The molecule has 0 unspecified atom stereocenters. The van der Waals surface area contributed by atoms with Gasteiger partial charge >= 0.3 is 5.97 Å². The van der Waals surface area contributed by atoms with Crippen LogP contribution in [-0.4, -0.2) is 11.1 Å². The molecular formula is C11H13O2. The van der Waals surface area contributed by atoms with Crippen molar-refractivity contribution >= 4 is 5.97 Å². The van der Waals surface area contributed by atoms with Crippen molar-refractivity contribution in [3.63, 3.8) is 0 Å². The molecule has 0 aliphatic carbocycles. The number of hydrogen-bond acceptors (Lipinski definition) is 1. The molecule has 0 aliphatic heterocycles. The zero-order valence-corrected chi connectivity index (χ0v) is 7.44. The van der Waals surface area contributed by atoms with E-state index in [1.54, 1.807) is 0 Å². The standard InChI is InChI=1S/C11H13O2/c12-11(13)9-5-4-8-10-6-2-1-3-7-10/h1-3,6-8H,4-5,9H2,(H,12,13). The summed E-state index contributed by atoms with van der Waals surface area (Å²) in [6.45, 7) is 0. The summed E-state index contributed by atoms with van der Waals surface area (Å²) in [5, 5.41) is 8.40. The summed E-state index contributed by atoms with van der Waals surface area (Å²) >= 11 is 0. The minimum atomic E-state index is -0.721. The molecular weight excluding hydrogens is 164 g/mol. The quantitative estimate of drug-likeness (QED) is 0.701. The first-order chi connectivity index (χ1) is 6.29. The Morgan fingerprint density at radius 1 is 1.31 bits per heavy atom. The van der Waals surface area contributed by atoms with E-state index >= 15 is 0 Å². The third-order valence-electron chi connectivity index (χ3n) is 1.77. The predicted octanol–water partition coefficient (Wildman–Crippen LogP) is 2.49. The predicted molar refractivity (Wildman–Crippen MR) is 51.3 cm³/mol. The monoisotopic (exact) mass is 177 g/mol. The van der Waals surface area contributed by atoms with E-state index in [4.69, 9.17) is 5.11 Å². The molecule has 0 atom stereocenters. The molecule has 1 rings (SSSR count). The molecule has 2 nitrogen and oxygen atoms in total. The van der Waals surface area contributed by atoms with Crippen LogP contribution in [-0.2, 0) is 4.79 Å². The molecule has 69 valence electrons. The third-order valence-corrected chi connectivity index (χ3v) is 1.77. The molecule has 13 heavy (non-hydrogen) atoms. The lowest BCUT2D eigenvalue weighted by Crippen LogP contribution is -1.93. The molecule has 0 saturated heterocycles.